The Morgan fingerprint density at radius 1 is 0.936 bits per heavy atom. The lowest BCUT2D eigenvalue weighted by Crippen LogP contribution is -2.26. The van der Waals surface area contributed by atoms with Crippen LogP contribution in [0.2, 0.25) is 0 Å². The summed E-state index contributed by atoms with van der Waals surface area (Å²) in [7, 11) is -9.57. The van der Waals surface area contributed by atoms with Gasteiger partial charge < -0.3 is 20.8 Å². The maximum atomic E-state index is 12.7. The largest absolute Gasteiger partial charge is 0.493 e. The summed E-state index contributed by atoms with van der Waals surface area (Å²) in [6, 6.07) is 8.96. The minimum Gasteiger partial charge on any atom is -0.493 e. The number of nitrogens with zero attached hydrogens (tertiary/aromatic N) is 6. The Morgan fingerprint density at radius 3 is 2.13 bits per heavy atom. The molecular formula is C24H24N8O12S3. The van der Waals surface area contributed by atoms with Crippen LogP contribution < -0.4 is 16.2 Å². The highest BCUT2D eigenvalue weighted by Crippen LogP contribution is 2.35. The Morgan fingerprint density at radius 2 is 1.55 bits per heavy atom. The first-order valence-electron chi connectivity index (χ1n) is 12.8. The Kier molecular flexibility index (Phi) is 10.7. The molecule has 0 aliphatic carbocycles. The Labute approximate surface area is 269 Å². The predicted molar refractivity (Wildman–Crippen MR) is 164 cm³/mol. The molecule has 0 aliphatic rings. The number of pyridine rings is 1. The summed E-state index contributed by atoms with van der Waals surface area (Å²) in [5, 5.41) is 45.8. The summed E-state index contributed by atoms with van der Waals surface area (Å²) in [4.78, 5) is 24.3. The van der Waals surface area contributed by atoms with E-state index < -0.39 is 65.3 Å². The molecule has 0 atom stereocenters. The summed E-state index contributed by atoms with van der Waals surface area (Å²) in [6.45, 7) is 2.59. The van der Waals surface area contributed by atoms with Crippen LogP contribution in [0.4, 0.5) is 34.6 Å². The minimum absolute atomic E-state index is 0.0712. The van der Waals surface area contributed by atoms with E-state index in [1.54, 1.807) is 24.3 Å². The molecular weight excluding hydrogens is 689 g/mol. The molecule has 23 heteroatoms. The van der Waals surface area contributed by atoms with Gasteiger partial charge in [0.25, 0.3) is 25.8 Å². The number of aromatic nitrogens is 4. The summed E-state index contributed by atoms with van der Waals surface area (Å²) in [5.41, 5.74) is -1.83. The van der Waals surface area contributed by atoms with E-state index >= 15 is 0 Å². The fraction of sp³-hybridized carbons (Fsp3) is 0.167. The van der Waals surface area contributed by atoms with Gasteiger partial charge in [-0.2, -0.15) is 31.8 Å². The number of aromatic hydroxyl groups is 2. The summed E-state index contributed by atoms with van der Waals surface area (Å²) in [6.07, 6.45) is 0. The smallest absolute Gasteiger partial charge is 0.320 e. The van der Waals surface area contributed by atoms with Crippen molar-refractivity contribution >= 4 is 66.9 Å². The van der Waals surface area contributed by atoms with E-state index in [4.69, 9.17) is 5.26 Å². The van der Waals surface area contributed by atoms with E-state index in [2.05, 4.69) is 45.2 Å². The first kappa shape index (κ1) is 35.1. The van der Waals surface area contributed by atoms with Crippen molar-refractivity contribution in [2.24, 2.45) is 10.2 Å². The van der Waals surface area contributed by atoms with Gasteiger partial charge in [-0.15, -0.1) is 14.6 Å². The topological polar surface area (TPSA) is 297 Å². The molecule has 0 saturated heterocycles. The predicted octanol–water partition coefficient (Wildman–Crippen LogP) is 3.74. The highest BCUT2D eigenvalue weighted by atomic mass is 32.2. The zero-order valence-electron chi connectivity index (χ0n) is 24.0. The summed E-state index contributed by atoms with van der Waals surface area (Å²) < 4.78 is 71.5. The van der Waals surface area contributed by atoms with Gasteiger partial charge >= 0.3 is 6.01 Å². The van der Waals surface area contributed by atoms with Crippen LogP contribution in [0.15, 0.2) is 67.3 Å². The Balaban J connectivity index is 1.69. The van der Waals surface area contributed by atoms with E-state index in [-0.39, 0.29) is 29.7 Å². The highest BCUT2D eigenvalue weighted by molar-refractivity contribution is 7.94. The second-order valence-corrected chi connectivity index (χ2v) is 12.8. The van der Waals surface area contributed by atoms with Gasteiger partial charge in [0.1, 0.15) is 22.0 Å². The molecule has 0 amide bonds. The van der Waals surface area contributed by atoms with E-state index in [0.29, 0.717) is 10.6 Å². The van der Waals surface area contributed by atoms with Crippen molar-refractivity contribution < 1.29 is 50.8 Å². The van der Waals surface area contributed by atoms with Crippen LogP contribution in [-0.2, 0) is 41.9 Å². The average Bonchev–Trinajstić information content (AvgIpc) is 2.98. The molecule has 0 radical (unpaired) electrons. The van der Waals surface area contributed by atoms with Crippen molar-refractivity contribution in [1.82, 2.24) is 19.5 Å². The van der Waals surface area contributed by atoms with Gasteiger partial charge in [-0.05, 0) is 61.9 Å². The van der Waals surface area contributed by atoms with Gasteiger partial charge in [0, 0.05) is 28.4 Å². The third-order valence-corrected chi connectivity index (χ3v) is 8.22. The second kappa shape index (κ2) is 14.3. The molecule has 47 heavy (non-hydrogen) atoms. The third-order valence-electron chi connectivity index (χ3n) is 6.07. The fourth-order valence-electron chi connectivity index (χ4n) is 4.00. The zero-order valence-corrected chi connectivity index (χ0v) is 26.4. The number of anilines is 4. The maximum absolute atomic E-state index is 12.7. The number of benzene rings is 2. The van der Waals surface area contributed by atoms with Crippen LogP contribution in [0.25, 0.3) is 0 Å². The molecule has 2 heterocycles. The van der Waals surface area contributed by atoms with Gasteiger partial charge in [0.05, 0.1) is 12.0 Å². The third kappa shape index (κ3) is 8.95. The molecule has 0 fully saturated rings. The minimum atomic E-state index is -4.89. The number of hydrogen-bond donors (Lipinski definition) is 7. The number of azo groups is 1. The molecule has 7 N–H and O–H groups in total. The number of hydrogen-bond acceptors (Lipinski definition) is 18. The molecule has 0 unspecified atom stereocenters. The molecule has 2 aromatic heterocycles. The van der Waals surface area contributed by atoms with Crippen molar-refractivity contribution in [2.45, 2.75) is 35.9 Å². The standard InChI is InChI=1S/C24H24N8O12S3/c1-3-32-20(33)16(11-46(37,38)39)12(2)19(21(32)34)31-30-17-10-14(6-9-18(17)47(40,41)42)26-23-27-22(28-24(35)29-23)25-13-4-7-15(8-5-13)45-44-43-36/h4-10,34,36H,3,11H2,1-2H3,(H,37,38,39)(H,40,41,42)(H3,25,26,27,28,29,35). The van der Waals surface area contributed by atoms with Gasteiger partial charge in [-0.3, -0.25) is 18.5 Å². The van der Waals surface area contributed by atoms with Crippen molar-refractivity contribution in [3.63, 3.8) is 0 Å². The highest BCUT2D eigenvalue weighted by Gasteiger charge is 2.23. The van der Waals surface area contributed by atoms with E-state index in [0.717, 1.165) is 28.7 Å². The van der Waals surface area contributed by atoms with Crippen LogP contribution in [-0.4, -0.2) is 60.9 Å². The molecule has 0 saturated carbocycles. The molecule has 0 bridgehead atoms. The molecule has 20 nitrogen and oxygen atoms in total. The monoisotopic (exact) mass is 712 g/mol. The van der Waals surface area contributed by atoms with E-state index in [1.807, 2.05) is 0 Å². The quantitative estimate of drug-likeness (QED) is 0.0341. The zero-order chi connectivity index (χ0) is 34.5. The normalized spacial score (nSPS) is 12.0. The Bertz CT molecular complexity index is 2110. The summed E-state index contributed by atoms with van der Waals surface area (Å²) in [5.74, 6) is -2.14. The maximum Gasteiger partial charge on any atom is 0.320 e. The van der Waals surface area contributed by atoms with Crippen LogP contribution >= 0.6 is 12.0 Å². The lowest BCUT2D eigenvalue weighted by atomic mass is 10.1. The van der Waals surface area contributed by atoms with E-state index in [1.165, 1.54) is 19.9 Å². The van der Waals surface area contributed by atoms with Gasteiger partial charge in [0.2, 0.25) is 17.8 Å². The first-order chi connectivity index (χ1) is 22.1. The van der Waals surface area contributed by atoms with Crippen LogP contribution in [0.5, 0.6) is 11.9 Å². The molecule has 250 valence electrons. The van der Waals surface area contributed by atoms with Crippen LogP contribution in [0, 0.1) is 6.92 Å². The lowest BCUT2D eigenvalue weighted by molar-refractivity contribution is -0.432. The summed E-state index contributed by atoms with van der Waals surface area (Å²) >= 11 is 0.737. The van der Waals surface area contributed by atoms with Crippen LogP contribution in [0.1, 0.15) is 18.1 Å². The molecule has 4 aromatic rings. The Hall–Kier alpha value is -4.75. The molecule has 2 aromatic carbocycles. The number of rotatable bonds is 13. The van der Waals surface area contributed by atoms with Gasteiger partial charge in [-0.25, -0.2) is 5.26 Å². The lowest BCUT2D eigenvalue weighted by Gasteiger charge is -2.14. The first-order valence-corrected chi connectivity index (χ1v) is 16.6. The van der Waals surface area contributed by atoms with Gasteiger partial charge in [-0.1, -0.05) is 5.04 Å². The van der Waals surface area contributed by atoms with Crippen molar-refractivity contribution in [3.05, 3.63) is 63.9 Å². The molecule has 0 aliphatic heterocycles. The second-order valence-electron chi connectivity index (χ2n) is 9.19. The average molecular weight is 713 g/mol. The van der Waals surface area contributed by atoms with Crippen molar-refractivity contribution in [2.75, 3.05) is 10.6 Å². The SMILES string of the molecule is CCn1c(O)c(N=Nc2cc(Nc3nc(O)nc(Nc4ccc(SOOO)cc4)n3)ccc2S(=O)(=O)O)c(C)c(CS(=O)(=O)O)c1=O. The fourth-order valence-corrected chi connectivity index (χ4v) is 5.67. The van der Waals surface area contributed by atoms with E-state index in [9.17, 15) is 40.9 Å². The van der Waals surface area contributed by atoms with Crippen molar-refractivity contribution in [3.8, 4) is 11.9 Å². The molecule has 0 spiro atoms. The molecule has 4 rings (SSSR count). The van der Waals surface area contributed by atoms with Gasteiger partial charge in [0.15, 0.2) is 0 Å². The van der Waals surface area contributed by atoms with Crippen molar-refractivity contribution in [1.29, 1.82) is 0 Å². The van der Waals surface area contributed by atoms with Crippen LogP contribution in [0.3, 0.4) is 0 Å². The number of nitrogens with one attached hydrogen (secondary N) is 2.